The molecule has 0 aliphatic heterocycles. The van der Waals surface area contributed by atoms with Crippen molar-refractivity contribution in [3.8, 4) is 17.2 Å². The molecule has 2 aromatic carbocycles. The summed E-state index contributed by atoms with van der Waals surface area (Å²) < 4.78 is 49.2. The van der Waals surface area contributed by atoms with Crippen LogP contribution in [0.3, 0.4) is 0 Å². The van der Waals surface area contributed by atoms with Gasteiger partial charge in [0.2, 0.25) is 0 Å². The van der Waals surface area contributed by atoms with Gasteiger partial charge in [-0.3, -0.25) is 0 Å². The molecule has 138 valence electrons. The summed E-state index contributed by atoms with van der Waals surface area (Å²) in [4.78, 5) is 10.5. The van der Waals surface area contributed by atoms with Crippen LogP contribution in [0, 0.1) is 0 Å². The lowest BCUT2D eigenvalue weighted by atomic mass is 10.2. The molecular formula is C18H14BrF3O4. The number of ether oxygens (including phenoxy) is 2. The van der Waals surface area contributed by atoms with Crippen LogP contribution >= 0.6 is 15.9 Å². The second-order valence-corrected chi connectivity index (χ2v) is 6.09. The first-order chi connectivity index (χ1) is 12.1. The van der Waals surface area contributed by atoms with Gasteiger partial charge in [0, 0.05) is 6.08 Å². The maximum atomic E-state index is 12.7. The Morgan fingerprint density at radius 3 is 2.31 bits per heavy atom. The Hall–Kier alpha value is -2.48. The van der Waals surface area contributed by atoms with Crippen molar-refractivity contribution in [3.05, 3.63) is 64.7 Å². The van der Waals surface area contributed by atoms with Crippen LogP contribution in [0.5, 0.6) is 17.2 Å². The number of carbonyl (C=O) groups is 1. The second kappa shape index (κ2) is 8.27. The van der Waals surface area contributed by atoms with Gasteiger partial charge < -0.3 is 14.6 Å². The molecule has 0 aliphatic carbocycles. The third-order valence-electron chi connectivity index (χ3n) is 3.14. The number of carboxylic acids is 1. The van der Waals surface area contributed by atoms with Crippen molar-refractivity contribution in [3.63, 3.8) is 0 Å². The molecule has 0 bridgehead atoms. The molecule has 0 fully saturated rings. The molecule has 0 saturated carbocycles. The first-order valence-electron chi connectivity index (χ1n) is 7.37. The number of carboxylic acid groups (broad SMARTS) is 1. The highest BCUT2D eigenvalue weighted by atomic mass is 79.9. The zero-order valence-corrected chi connectivity index (χ0v) is 15.0. The Morgan fingerprint density at radius 1 is 1.15 bits per heavy atom. The van der Waals surface area contributed by atoms with Crippen LogP contribution in [0.25, 0.3) is 0 Å². The highest BCUT2D eigenvalue weighted by Gasteiger charge is 2.31. The van der Waals surface area contributed by atoms with E-state index < -0.39 is 23.8 Å². The topological polar surface area (TPSA) is 55.8 Å². The molecule has 0 radical (unpaired) electrons. The normalized spacial score (nSPS) is 12.8. The maximum Gasteiger partial charge on any atom is 0.416 e. The lowest BCUT2D eigenvalue weighted by molar-refractivity contribution is -0.137. The number of halogens is 4. The van der Waals surface area contributed by atoms with Gasteiger partial charge in [0.25, 0.3) is 0 Å². The van der Waals surface area contributed by atoms with E-state index in [1.165, 1.54) is 12.1 Å². The minimum atomic E-state index is -4.42. The molecule has 8 heteroatoms. The molecule has 0 aliphatic rings. The fraction of sp³-hybridized carbons (Fsp3) is 0.167. The molecule has 0 aromatic heterocycles. The van der Waals surface area contributed by atoms with Crippen molar-refractivity contribution < 1.29 is 32.5 Å². The van der Waals surface area contributed by atoms with Gasteiger partial charge in [-0.1, -0.05) is 0 Å². The molecule has 2 rings (SSSR count). The van der Waals surface area contributed by atoms with Gasteiger partial charge in [0.05, 0.1) is 10.0 Å². The van der Waals surface area contributed by atoms with Crippen LogP contribution in [0.15, 0.2) is 59.1 Å². The Labute approximate surface area is 156 Å². The van der Waals surface area contributed by atoms with E-state index in [-0.39, 0.29) is 10.2 Å². The van der Waals surface area contributed by atoms with E-state index in [1.54, 1.807) is 31.2 Å². The molecule has 0 amide bonds. The van der Waals surface area contributed by atoms with Gasteiger partial charge in [-0.2, -0.15) is 13.2 Å². The standard InChI is InChI=1S/C18H14BrF3O4/c1-11(2-9-17(23)24)25-13-4-6-14(7-5-13)26-16-8-3-12(10-15(16)19)18(20,21)22/h2-11H,1H3,(H,23,24)/b9-2+. The van der Waals surface area contributed by atoms with E-state index in [0.29, 0.717) is 11.5 Å². The molecule has 26 heavy (non-hydrogen) atoms. The SMILES string of the molecule is CC(/C=C/C(=O)O)Oc1ccc(Oc2ccc(C(F)(F)F)cc2Br)cc1. The van der Waals surface area contributed by atoms with Crippen LogP contribution in [0.2, 0.25) is 0 Å². The van der Waals surface area contributed by atoms with Crippen molar-refractivity contribution in [2.24, 2.45) is 0 Å². The molecule has 0 saturated heterocycles. The van der Waals surface area contributed by atoms with Gasteiger partial charge in [-0.05, 0) is 71.4 Å². The predicted octanol–water partition coefficient (Wildman–Crippen LogP) is 5.67. The fourth-order valence-electron chi connectivity index (χ4n) is 1.94. The van der Waals surface area contributed by atoms with Gasteiger partial charge in [-0.25, -0.2) is 4.79 Å². The number of hydrogen-bond acceptors (Lipinski definition) is 3. The van der Waals surface area contributed by atoms with Gasteiger partial charge in [-0.15, -0.1) is 0 Å². The highest BCUT2D eigenvalue weighted by Crippen LogP contribution is 2.36. The molecule has 0 spiro atoms. The van der Waals surface area contributed by atoms with Crippen molar-refractivity contribution in [1.29, 1.82) is 0 Å². The van der Waals surface area contributed by atoms with Crippen molar-refractivity contribution in [2.75, 3.05) is 0 Å². The summed E-state index contributed by atoms with van der Waals surface area (Å²) in [5, 5.41) is 8.56. The maximum absolute atomic E-state index is 12.7. The van der Waals surface area contributed by atoms with E-state index in [0.717, 1.165) is 18.2 Å². The van der Waals surface area contributed by atoms with Gasteiger partial charge in [0.15, 0.2) is 0 Å². The monoisotopic (exact) mass is 430 g/mol. The second-order valence-electron chi connectivity index (χ2n) is 5.24. The summed E-state index contributed by atoms with van der Waals surface area (Å²) in [6, 6.07) is 9.52. The van der Waals surface area contributed by atoms with Crippen molar-refractivity contribution in [2.45, 2.75) is 19.2 Å². The van der Waals surface area contributed by atoms with E-state index in [9.17, 15) is 18.0 Å². The van der Waals surface area contributed by atoms with Gasteiger partial charge in [0.1, 0.15) is 23.4 Å². The van der Waals surface area contributed by atoms with E-state index >= 15 is 0 Å². The van der Waals surface area contributed by atoms with E-state index in [4.69, 9.17) is 14.6 Å². The predicted molar refractivity (Wildman–Crippen MR) is 92.5 cm³/mol. The summed E-state index contributed by atoms with van der Waals surface area (Å²) in [6.07, 6.45) is -2.48. The molecule has 1 unspecified atom stereocenters. The summed E-state index contributed by atoms with van der Waals surface area (Å²) in [6.45, 7) is 1.68. The molecule has 1 atom stereocenters. The van der Waals surface area contributed by atoms with Crippen LogP contribution in [-0.4, -0.2) is 17.2 Å². The molecule has 0 heterocycles. The number of hydrogen-bond donors (Lipinski definition) is 1. The smallest absolute Gasteiger partial charge is 0.416 e. The Kier molecular flexibility index (Phi) is 6.31. The zero-order chi connectivity index (χ0) is 19.3. The number of aliphatic carboxylic acids is 1. The van der Waals surface area contributed by atoms with Crippen LogP contribution in [-0.2, 0) is 11.0 Å². The molecule has 1 N–H and O–H groups in total. The third kappa shape index (κ3) is 5.80. The average molecular weight is 431 g/mol. The Morgan fingerprint density at radius 2 is 1.77 bits per heavy atom. The van der Waals surface area contributed by atoms with E-state index in [1.807, 2.05) is 0 Å². The lowest BCUT2D eigenvalue weighted by Crippen LogP contribution is -2.08. The summed E-state index contributed by atoms with van der Waals surface area (Å²) in [7, 11) is 0. The molecule has 4 nitrogen and oxygen atoms in total. The largest absolute Gasteiger partial charge is 0.487 e. The minimum absolute atomic E-state index is 0.181. The number of benzene rings is 2. The van der Waals surface area contributed by atoms with Crippen LogP contribution < -0.4 is 9.47 Å². The quantitative estimate of drug-likeness (QED) is 0.599. The lowest BCUT2D eigenvalue weighted by Gasteiger charge is -2.13. The first kappa shape index (κ1) is 19.8. The van der Waals surface area contributed by atoms with E-state index in [2.05, 4.69) is 15.9 Å². The number of rotatable bonds is 6. The average Bonchev–Trinajstić information content (AvgIpc) is 2.55. The first-order valence-corrected chi connectivity index (χ1v) is 8.17. The summed E-state index contributed by atoms with van der Waals surface area (Å²) in [5.41, 5.74) is -0.774. The van der Waals surface area contributed by atoms with Crippen molar-refractivity contribution >= 4 is 21.9 Å². The third-order valence-corrected chi connectivity index (χ3v) is 3.76. The Bertz CT molecular complexity index is 801. The summed E-state index contributed by atoms with van der Waals surface area (Å²) in [5.74, 6) is 0.0775. The molecule has 2 aromatic rings. The number of alkyl halides is 3. The Balaban J connectivity index is 2.04. The van der Waals surface area contributed by atoms with Crippen LogP contribution in [0.4, 0.5) is 13.2 Å². The fourth-order valence-corrected chi connectivity index (χ4v) is 2.40. The zero-order valence-electron chi connectivity index (χ0n) is 13.5. The van der Waals surface area contributed by atoms with Gasteiger partial charge >= 0.3 is 12.1 Å². The highest BCUT2D eigenvalue weighted by molar-refractivity contribution is 9.10. The van der Waals surface area contributed by atoms with Crippen molar-refractivity contribution in [1.82, 2.24) is 0 Å². The minimum Gasteiger partial charge on any atom is -0.487 e. The van der Waals surface area contributed by atoms with Crippen LogP contribution in [0.1, 0.15) is 12.5 Å². The summed E-state index contributed by atoms with van der Waals surface area (Å²) >= 11 is 3.07. The molecular weight excluding hydrogens is 417 g/mol.